The van der Waals surface area contributed by atoms with Gasteiger partial charge in [-0.25, -0.2) is 0 Å². The minimum absolute atomic E-state index is 0.735. The molecule has 2 fully saturated rings. The summed E-state index contributed by atoms with van der Waals surface area (Å²) in [5.74, 6) is 0. The van der Waals surface area contributed by atoms with Crippen molar-refractivity contribution in [1.29, 1.82) is 0 Å². The van der Waals surface area contributed by atoms with Crippen LogP contribution >= 0.6 is 11.6 Å². The quantitative estimate of drug-likeness (QED) is 0.870. The Bertz CT molecular complexity index is 437. The number of nitrogen functional groups attached to an aromatic ring is 1. The Morgan fingerprint density at radius 2 is 1.95 bits per heavy atom. The van der Waals surface area contributed by atoms with E-state index in [1.54, 1.807) is 0 Å². The van der Waals surface area contributed by atoms with Crippen LogP contribution in [0.3, 0.4) is 0 Å². The lowest BCUT2D eigenvalue weighted by atomic mass is 10.1. The van der Waals surface area contributed by atoms with Crippen molar-refractivity contribution in [3.8, 4) is 0 Å². The van der Waals surface area contributed by atoms with Gasteiger partial charge in [-0.2, -0.15) is 0 Å². The highest BCUT2D eigenvalue weighted by atomic mass is 35.5. The molecule has 1 aromatic carbocycles. The first kappa shape index (κ1) is 14.2. The molecule has 0 amide bonds. The number of halogens is 1. The van der Waals surface area contributed by atoms with Crippen LogP contribution in [0.1, 0.15) is 31.2 Å². The van der Waals surface area contributed by atoms with Crippen molar-refractivity contribution in [2.24, 2.45) is 0 Å². The van der Waals surface area contributed by atoms with Gasteiger partial charge in [0, 0.05) is 41.9 Å². The van der Waals surface area contributed by atoms with Crippen molar-refractivity contribution in [2.45, 2.75) is 38.3 Å². The first-order chi connectivity index (χ1) is 9.74. The summed E-state index contributed by atoms with van der Waals surface area (Å²) >= 11 is 6.28. The van der Waals surface area contributed by atoms with E-state index in [1.807, 2.05) is 18.2 Å². The summed E-state index contributed by atoms with van der Waals surface area (Å²) in [6.45, 7) is 5.77. The second-order valence-corrected chi connectivity index (χ2v) is 6.49. The van der Waals surface area contributed by atoms with Gasteiger partial charge in [0.25, 0.3) is 0 Å². The van der Waals surface area contributed by atoms with Crippen molar-refractivity contribution in [3.63, 3.8) is 0 Å². The monoisotopic (exact) mass is 293 g/mol. The third-order valence-electron chi connectivity index (χ3n) is 4.69. The zero-order chi connectivity index (χ0) is 13.9. The zero-order valence-corrected chi connectivity index (χ0v) is 12.8. The minimum atomic E-state index is 0.735. The summed E-state index contributed by atoms with van der Waals surface area (Å²) in [6.07, 6.45) is 5.43. The molecule has 3 nitrogen and oxygen atoms in total. The van der Waals surface area contributed by atoms with Crippen LogP contribution in [-0.2, 0) is 6.54 Å². The van der Waals surface area contributed by atoms with Gasteiger partial charge in [0.15, 0.2) is 0 Å². The summed E-state index contributed by atoms with van der Waals surface area (Å²) in [5.41, 5.74) is 7.97. The number of hydrogen-bond donors (Lipinski definition) is 1. The van der Waals surface area contributed by atoms with Crippen molar-refractivity contribution in [3.05, 3.63) is 28.8 Å². The van der Waals surface area contributed by atoms with E-state index in [1.165, 1.54) is 38.8 Å². The summed E-state index contributed by atoms with van der Waals surface area (Å²) in [6, 6.07) is 6.53. The summed E-state index contributed by atoms with van der Waals surface area (Å²) in [7, 11) is 0. The lowest BCUT2D eigenvalue weighted by Crippen LogP contribution is -2.40. The molecule has 2 heterocycles. The maximum Gasteiger partial charge on any atom is 0.0471 e. The highest BCUT2D eigenvalue weighted by Gasteiger charge is 2.28. The SMILES string of the molecule is Nc1cccc(Cl)c1CN1CCC(N2CCCCC2)C1. The average molecular weight is 294 g/mol. The molecule has 2 aliphatic rings. The summed E-state index contributed by atoms with van der Waals surface area (Å²) in [5, 5.41) is 0.798. The normalized spacial score (nSPS) is 25.1. The highest BCUT2D eigenvalue weighted by molar-refractivity contribution is 6.31. The zero-order valence-electron chi connectivity index (χ0n) is 12.0. The first-order valence-corrected chi connectivity index (χ1v) is 8.11. The Morgan fingerprint density at radius 1 is 1.15 bits per heavy atom. The van der Waals surface area contributed by atoms with Crippen LogP contribution in [0.5, 0.6) is 0 Å². The number of likely N-dealkylation sites (tertiary alicyclic amines) is 2. The summed E-state index contributed by atoms with van der Waals surface area (Å²) in [4.78, 5) is 5.18. The van der Waals surface area contributed by atoms with Crippen LogP contribution in [-0.4, -0.2) is 42.0 Å². The van der Waals surface area contributed by atoms with Gasteiger partial charge < -0.3 is 5.73 Å². The molecule has 1 aromatic rings. The third kappa shape index (κ3) is 3.11. The van der Waals surface area contributed by atoms with E-state index in [-0.39, 0.29) is 0 Å². The number of benzene rings is 1. The molecule has 0 bridgehead atoms. The number of anilines is 1. The van der Waals surface area contributed by atoms with Gasteiger partial charge in [-0.05, 0) is 44.5 Å². The molecule has 0 spiro atoms. The van der Waals surface area contributed by atoms with Crippen molar-refractivity contribution in [2.75, 3.05) is 31.9 Å². The Balaban J connectivity index is 1.60. The lowest BCUT2D eigenvalue weighted by Gasteiger charge is -2.32. The molecule has 0 aromatic heterocycles. The van der Waals surface area contributed by atoms with E-state index >= 15 is 0 Å². The smallest absolute Gasteiger partial charge is 0.0471 e. The number of hydrogen-bond acceptors (Lipinski definition) is 3. The fraction of sp³-hybridized carbons (Fsp3) is 0.625. The Morgan fingerprint density at radius 3 is 2.70 bits per heavy atom. The van der Waals surface area contributed by atoms with Crippen LogP contribution in [0.15, 0.2) is 18.2 Å². The van der Waals surface area contributed by atoms with Crippen LogP contribution in [0.4, 0.5) is 5.69 Å². The largest absolute Gasteiger partial charge is 0.398 e. The Kier molecular flexibility index (Phi) is 4.49. The van der Waals surface area contributed by atoms with Gasteiger partial charge in [-0.3, -0.25) is 9.80 Å². The molecule has 0 saturated carbocycles. The maximum absolute atomic E-state index is 6.28. The van der Waals surface area contributed by atoms with E-state index in [2.05, 4.69) is 9.80 Å². The molecule has 4 heteroatoms. The second-order valence-electron chi connectivity index (χ2n) is 6.08. The molecule has 110 valence electrons. The molecule has 1 unspecified atom stereocenters. The second kappa shape index (κ2) is 6.33. The predicted molar refractivity (Wildman–Crippen MR) is 85.0 cm³/mol. The van der Waals surface area contributed by atoms with E-state index in [4.69, 9.17) is 17.3 Å². The van der Waals surface area contributed by atoms with Gasteiger partial charge in [0.2, 0.25) is 0 Å². The molecule has 3 rings (SSSR count). The number of nitrogens with two attached hydrogens (primary N) is 1. The molecule has 2 saturated heterocycles. The van der Waals surface area contributed by atoms with E-state index in [0.717, 1.165) is 41.9 Å². The fourth-order valence-electron chi connectivity index (χ4n) is 3.50. The molecule has 0 radical (unpaired) electrons. The summed E-state index contributed by atoms with van der Waals surface area (Å²) < 4.78 is 0. The number of nitrogens with zero attached hydrogens (tertiary/aromatic N) is 2. The molecule has 2 N–H and O–H groups in total. The van der Waals surface area contributed by atoms with Gasteiger partial charge in [0.05, 0.1) is 0 Å². The molecule has 1 atom stereocenters. The van der Waals surface area contributed by atoms with Crippen LogP contribution < -0.4 is 5.73 Å². The highest BCUT2D eigenvalue weighted by Crippen LogP contribution is 2.27. The van der Waals surface area contributed by atoms with E-state index < -0.39 is 0 Å². The molecule has 20 heavy (non-hydrogen) atoms. The van der Waals surface area contributed by atoms with Crippen molar-refractivity contribution < 1.29 is 0 Å². The average Bonchev–Trinajstić information content (AvgIpc) is 2.93. The van der Waals surface area contributed by atoms with Crippen LogP contribution in [0.2, 0.25) is 5.02 Å². The molecular weight excluding hydrogens is 270 g/mol. The van der Waals surface area contributed by atoms with E-state index in [9.17, 15) is 0 Å². The Hall–Kier alpha value is -0.770. The third-order valence-corrected chi connectivity index (χ3v) is 5.05. The molecule has 2 aliphatic heterocycles. The maximum atomic E-state index is 6.28. The number of rotatable bonds is 3. The van der Waals surface area contributed by atoms with Crippen molar-refractivity contribution in [1.82, 2.24) is 9.80 Å². The van der Waals surface area contributed by atoms with E-state index in [0.29, 0.717) is 0 Å². The standard InChI is InChI=1S/C16H24ClN3/c17-15-5-4-6-16(18)14(15)12-19-10-7-13(11-19)20-8-2-1-3-9-20/h4-6,13H,1-3,7-12,18H2. The molecular formula is C16H24ClN3. The Labute approximate surface area is 126 Å². The van der Waals surface area contributed by atoms with Gasteiger partial charge >= 0.3 is 0 Å². The molecule has 0 aliphatic carbocycles. The van der Waals surface area contributed by atoms with Gasteiger partial charge in [-0.1, -0.05) is 24.1 Å². The van der Waals surface area contributed by atoms with Crippen LogP contribution in [0, 0.1) is 0 Å². The van der Waals surface area contributed by atoms with Gasteiger partial charge in [0.1, 0.15) is 0 Å². The fourth-order valence-corrected chi connectivity index (χ4v) is 3.74. The predicted octanol–water partition coefficient (Wildman–Crippen LogP) is 2.98. The minimum Gasteiger partial charge on any atom is -0.398 e. The topological polar surface area (TPSA) is 32.5 Å². The first-order valence-electron chi connectivity index (χ1n) is 7.73. The van der Waals surface area contributed by atoms with Gasteiger partial charge in [-0.15, -0.1) is 0 Å². The lowest BCUT2D eigenvalue weighted by molar-refractivity contribution is 0.161. The van der Waals surface area contributed by atoms with Crippen LogP contribution in [0.25, 0.3) is 0 Å². The van der Waals surface area contributed by atoms with Crippen molar-refractivity contribution >= 4 is 17.3 Å². The number of piperidine rings is 1.